The number of amides is 1. The van der Waals surface area contributed by atoms with Crippen LogP contribution in [0.4, 0.5) is 5.69 Å². The summed E-state index contributed by atoms with van der Waals surface area (Å²) in [7, 11) is 1.51. The molecule has 7 rings (SSSR count). The van der Waals surface area contributed by atoms with Crippen LogP contribution in [0.2, 0.25) is 5.02 Å². The SMILES string of the molecule is COc1ccccc1C(=O)[C@@H]1[C@H](C(=O)c2ccccc2Cl)[C@]2(C(=O)Nc3ccccc32)[C@@H]2c3ccccc3C=CN12. The fourth-order valence-electron chi connectivity index (χ4n) is 7.00. The van der Waals surface area contributed by atoms with Crippen LogP contribution in [-0.2, 0) is 10.2 Å². The van der Waals surface area contributed by atoms with Gasteiger partial charge in [0.25, 0.3) is 0 Å². The number of fused-ring (bicyclic) bond motifs is 6. The first-order valence-corrected chi connectivity index (χ1v) is 13.8. The Morgan fingerprint density at radius 3 is 2.34 bits per heavy atom. The third-order valence-corrected chi connectivity index (χ3v) is 8.96. The van der Waals surface area contributed by atoms with Gasteiger partial charge in [0.15, 0.2) is 11.6 Å². The lowest BCUT2D eigenvalue weighted by Gasteiger charge is -2.38. The molecule has 1 fully saturated rings. The number of rotatable bonds is 5. The van der Waals surface area contributed by atoms with E-state index in [0.29, 0.717) is 22.6 Å². The van der Waals surface area contributed by atoms with E-state index in [-0.39, 0.29) is 28.1 Å². The van der Waals surface area contributed by atoms with E-state index >= 15 is 0 Å². The van der Waals surface area contributed by atoms with Gasteiger partial charge < -0.3 is 15.0 Å². The highest BCUT2D eigenvalue weighted by Gasteiger charge is 2.71. The fourth-order valence-corrected chi connectivity index (χ4v) is 7.23. The molecule has 0 saturated carbocycles. The Labute approximate surface area is 242 Å². The molecule has 0 bridgehead atoms. The highest BCUT2D eigenvalue weighted by atomic mass is 35.5. The minimum absolute atomic E-state index is 0.267. The van der Waals surface area contributed by atoms with Gasteiger partial charge in [0, 0.05) is 17.5 Å². The number of nitrogens with zero attached hydrogens (tertiary/aromatic N) is 1. The fraction of sp³-hybridized carbons (Fsp3) is 0.147. The van der Waals surface area contributed by atoms with Crippen LogP contribution in [-0.4, -0.2) is 35.5 Å². The predicted octanol–water partition coefficient (Wildman–Crippen LogP) is 6.33. The third kappa shape index (κ3) is 3.47. The minimum Gasteiger partial charge on any atom is -0.496 e. The van der Waals surface area contributed by atoms with Crippen molar-refractivity contribution in [1.29, 1.82) is 0 Å². The van der Waals surface area contributed by atoms with Crippen molar-refractivity contribution in [2.45, 2.75) is 17.5 Å². The maximum Gasteiger partial charge on any atom is 0.238 e. The number of hydrogen-bond acceptors (Lipinski definition) is 5. The van der Waals surface area contributed by atoms with E-state index < -0.39 is 23.4 Å². The molecule has 41 heavy (non-hydrogen) atoms. The summed E-state index contributed by atoms with van der Waals surface area (Å²) in [6, 6.07) is 27.4. The molecule has 0 aliphatic carbocycles. The van der Waals surface area contributed by atoms with Gasteiger partial charge >= 0.3 is 0 Å². The van der Waals surface area contributed by atoms with Crippen molar-refractivity contribution < 1.29 is 19.1 Å². The molecular weight excluding hydrogens is 536 g/mol. The van der Waals surface area contributed by atoms with Crippen molar-refractivity contribution in [2.75, 3.05) is 12.4 Å². The molecule has 0 unspecified atom stereocenters. The van der Waals surface area contributed by atoms with Crippen LogP contribution in [0.1, 0.15) is 43.4 Å². The smallest absolute Gasteiger partial charge is 0.238 e. The second-order valence-electron chi connectivity index (χ2n) is 10.5. The molecule has 4 aromatic rings. The van der Waals surface area contributed by atoms with Crippen LogP contribution in [0.25, 0.3) is 6.08 Å². The maximum absolute atomic E-state index is 14.8. The van der Waals surface area contributed by atoms with E-state index in [4.69, 9.17) is 16.3 Å². The number of ketones is 2. The van der Waals surface area contributed by atoms with Gasteiger partial charge in [-0.15, -0.1) is 0 Å². The molecule has 3 heterocycles. The molecular formula is C34H25ClN2O4. The van der Waals surface area contributed by atoms with Crippen LogP contribution < -0.4 is 10.1 Å². The van der Waals surface area contributed by atoms with Crippen molar-refractivity contribution in [3.63, 3.8) is 0 Å². The molecule has 1 saturated heterocycles. The van der Waals surface area contributed by atoms with Crippen LogP contribution in [0.5, 0.6) is 5.75 Å². The molecule has 1 N–H and O–H groups in total. The van der Waals surface area contributed by atoms with Crippen molar-refractivity contribution in [3.05, 3.63) is 136 Å². The minimum atomic E-state index is -1.42. The maximum atomic E-state index is 14.8. The highest BCUT2D eigenvalue weighted by molar-refractivity contribution is 6.34. The van der Waals surface area contributed by atoms with Gasteiger partial charge in [-0.05, 0) is 53.1 Å². The van der Waals surface area contributed by atoms with E-state index in [1.54, 1.807) is 48.5 Å². The zero-order valence-corrected chi connectivity index (χ0v) is 22.8. The van der Waals surface area contributed by atoms with E-state index in [1.165, 1.54) is 7.11 Å². The standard InChI is InChI=1S/C34H25ClN2O4/c1-41-27-17-9-5-13-23(27)31(39)29-28(30(38)22-12-4-7-15-25(22)35)34(24-14-6-8-16-26(24)36-33(34)40)32-21-11-3-2-10-20(21)18-19-37(29)32/h2-19,28-29,32H,1H3,(H,36,40)/t28-,29+,32+,34+/m1/s1. The lowest BCUT2D eigenvalue weighted by molar-refractivity contribution is -0.122. The van der Waals surface area contributed by atoms with Gasteiger partial charge in [-0.25, -0.2) is 0 Å². The number of anilines is 1. The average molecular weight is 561 g/mol. The van der Waals surface area contributed by atoms with E-state index in [2.05, 4.69) is 5.32 Å². The van der Waals surface area contributed by atoms with Crippen LogP contribution >= 0.6 is 11.6 Å². The Hall–Kier alpha value is -4.68. The first kappa shape index (κ1) is 25.3. The Morgan fingerprint density at radius 1 is 0.854 bits per heavy atom. The van der Waals surface area contributed by atoms with Gasteiger partial charge in [-0.3, -0.25) is 14.4 Å². The Morgan fingerprint density at radius 2 is 1.54 bits per heavy atom. The van der Waals surface area contributed by atoms with E-state index in [1.807, 2.05) is 65.7 Å². The number of ether oxygens (including phenoxy) is 1. The summed E-state index contributed by atoms with van der Waals surface area (Å²) in [4.78, 5) is 45.9. The Bertz CT molecular complexity index is 1780. The molecule has 3 aliphatic heterocycles. The molecule has 0 radical (unpaired) electrons. The molecule has 202 valence electrons. The monoisotopic (exact) mass is 560 g/mol. The van der Waals surface area contributed by atoms with Gasteiger partial charge in [-0.2, -0.15) is 0 Å². The Kier molecular flexibility index (Phi) is 5.84. The van der Waals surface area contributed by atoms with Crippen molar-refractivity contribution >= 4 is 40.8 Å². The summed E-state index contributed by atoms with van der Waals surface area (Å²) in [5, 5.41) is 3.32. The zero-order valence-electron chi connectivity index (χ0n) is 22.1. The first-order valence-electron chi connectivity index (χ1n) is 13.4. The van der Waals surface area contributed by atoms with Crippen molar-refractivity contribution in [3.8, 4) is 5.75 Å². The summed E-state index contributed by atoms with van der Waals surface area (Å²) >= 11 is 6.60. The number of para-hydroxylation sites is 2. The second-order valence-corrected chi connectivity index (χ2v) is 10.9. The van der Waals surface area contributed by atoms with Gasteiger partial charge in [0.05, 0.1) is 29.7 Å². The van der Waals surface area contributed by atoms with Gasteiger partial charge in [-0.1, -0.05) is 78.3 Å². The summed E-state index contributed by atoms with van der Waals surface area (Å²) < 4.78 is 5.57. The van der Waals surface area contributed by atoms with Crippen LogP contribution in [0.3, 0.4) is 0 Å². The van der Waals surface area contributed by atoms with E-state index in [0.717, 1.165) is 11.1 Å². The van der Waals surface area contributed by atoms with Crippen molar-refractivity contribution in [2.24, 2.45) is 5.92 Å². The lowest BCUT2D eigenvalue weighted by Crippen LogP contribution is -2.49. The third-order valence-electron chi connectivity index (χ3n) is 8.63. The summed E-state index contributed by atoms with van der Waals surface area (Å²) in [6.07, 6.45) is 3.78. The van der Waals surface area contributed by atoms with Gasteiger partial charge in [0.1, 0.15) is 17.2 Å². The number of benzene rings is 4. The Balaban J connectivity index is 1.56. The largest absolute Gasteiger partial charge is 0.496 e. The average Bonchev–Trinajstić information content (AvgIpc) is 3.49. The van der Waals surface area contributed by atoms with Crippen LogP contribution in [0.15, 0.2) is 103 Å². The number of halogens is 1. The van der Waals surface area contributed by atoms with Crippen molar-refractivity contribution in [1.82, 2.24) is 4.90 Å². The second kappa shape index (κ2) is 9.46. The molecule has 3 aliphatic rings. The molecule has 4 aromatic carbocycles. The number of carbonyl (C=O) groups is 3. The lowest BCUT2D eigenvalue weighted by atomic mass is 9.62. The number of nitrogens with one attached hydrogen (secondary N) is 1. The summed E-state index contributed by atoms with van der Waals surface area (Å²) in [5.41, 5.74) is 2.31. The molecule has 6 nitrogen and oxygen atoms in total. The topological polar surface area (TPSA) is 75.7 Å². The normalized spacial score (nSPS) is 23.5. The number of Topliss-reactive ketones (excluding diaryl/α,β-unsaturated/α-hetero) is 2. The number of methoxy groups -OCH3 is 1. The summed E-state index contributed by atoms with van der Waals surface area (Å²) in [5.74, 6) is -1.70. The van der Waals surface area contributed by atoms with E-state index in [9.17, 15) is 14.4 Å². The molecule has 1 amide bonds. The molecule has 7 heteroatoms. The van der Waals surface area contributed by atoms with Crippen LogP contribution in [0, 0.1) is 5.92 Å². The molecule has 4 atom stereocenters. The number of hydrogen-bond donors (Lipinski definition) is 1. The molecule has 0 aromatic heterocycles. The number of carbonyl (C=O) groups excluding carboxylic acids is 3. The first-order chi connectivity index (χ1) is 20.0. The summed E-state index contributed by atoms with van der Waals surface area (Å²) in [6.45, 7) is 0. The van der Waals surface area contributed by atoms with Gasteiger partial charge in [0.2, 0.25) is 5.91 Å². The quantitative estimate of drug-likeness (QED) is 0.289. The predicted molar refractivity (Wildman–Crippen MR) is 157 cm³/mol. The highest BCUT2D eigenvalue weighted by Crippen LogP contribution is 2.62. The zero-order chi connectivity index (χ0) is 28.3. The molecule has 1 spiro atoms.